The first-order chi connectivity index (χ1) is 9.53. The molecule has 1 fully saturated rings. The van der Waals surface area contributed by atoms with Crippen molar-refractivity contribution in [3.63, 3.8) is 0 Å². The Morgan fingerprint density at radius 3 is 2.75 bits per heavy atom. The van der Waals surface area contributed by atoms with Gasteiger partial charge in [0.1, 0.15) is 4.90 Å². The SMILES string of the molecule is CCCN1CCC(NS(=O)(=O)c2cnccc2N)CC1. The van der Waals surface area contributed by atoms with E-state index in [1.165, 1.54) is 18.5 Å². The Morgan fingerprint density at radius 2 is 2.15 bits per heavy atom. The summed E-state index contributed by atoms with van der Waals surface area (Å²) in [6.07, 6.45) is 5.57. The van der Waals surface area contributed by atoms with Gasteiger partial charge >= 0.3 is 0 Å². The highest BCUT2D eigenvalue weighted by atomic mass is 32.2. The number of piperidine rings is 1. The van der Waals surface area contributed by atoms with E-state index in [2.05, 4.69) is 21.5 Å². The fourth-order valence-electron chi connectivity index (χ4n) is 2.49. The molecular weight excluding hydrogens is 276 g/mol. The minimum Gasteiger partial charge on any atom is -0.398 e. The zero-order valence-corrected chi connectivity index (χ0v) is 12.6. The summed E-state index contributed by atoms with van der Waals surface area (Å²) in [4.78, 5) is 6.26. The van der Waals surface area contributed by atoms with Gasteiger partial charge in [-0.15, -0.1) is 0 Å². The van der Waals surface area contributed by atoms with Crippen LogP contribution in [0.3, 0.4) is 0 Å². The highest BCUT2D eigenvalue weighted by Gasteiger charge is 2.25. The van der Waals surface area contributed by atoms with Gasteiger partial charge in [0.25, 0.3) is 0 Å². The molecule has 1 saturated heterocycles. The summed E-state index contributed by atoms with van der Waals surface area (Å²) in [5.41, 5.74) is 5.94. The number of nitrogens with two attached hydrogens (primary N) is 1. The maximum atomic E-state index is 12.3. The summed E-state index contributed by atoms with van der Waals surface area (Å²) in [5, 5.41) is 0. The van der Waals surface area contributed by atoms with E-state index in [0.717, 1.165) is 38.9 Å². The predicted molar refractivity (Wildman–Crippen MR) is 78.7 cm³/mol. The van der Waals surface area contributed by atoms with E-state index < -0.39 is 10.0 Å². The molecule has 0 aromatic carbocycles. The van der Waals surface area contributed by atoms with Crippen LogP contribution in [-0.2, 0) is 10.0 Å². The number of nitrogen functional groups attached to an aromatic ring is 1. The van der Waals surface area contributed by atoms with Crippen LogP contribution in [0.15, 0.2) is 23.4 Å². The number of likely N-dealkylation sites (tertiary alicyclic amines) is 1. The summed E-state index contributed by atoms with van der Waals surface area (Å²) in [7, 11) is -3.58. The number of rotatable bonds is 5. The summed E-state index contributed by atoms with van der Waals surface area (Å²) >= 11 is 0. The predicted octanol–water partition coefficient (Wildman–Crippen LogP) is 0.817. The van der Waals surface area contributed by atoms with Gasteiger partial charge in [-0.25, -0.2) is 13.1 Å². The molecule has 1 aromatic rings. The van der Waals surface area contributed by atoms with Crippen molar-refractivity contribution in [1.82, 2.24) is 14.6 Å². The van der Waals surface area contributed by atoms with Crippen LogP contribution in [0.25, 0.3) is 0 Å². The van der Waals surface area contributed by atoms with Crippen LogP contribution in [0.1, 0.15) is 26.2 Å². The third-order valence-electron chi connectivity index (χ3n) is 3.56. The zero-order valence-electron chi connectivity index (χ0n) is 11.7. The molecule has 1 aliphatic heterocycles. The van der Waals surface area contributed by atoms with Crippen molar-refractivity contribution in [2.75, 3.05) is 25.4 Å². The van der Waals surface area contributed by atoms with E-state index >= 15 is 0 Å². The average Bonchev–Trinajstić information content (AvgIpc) is 2.41. The van der Waals surface area contributed by atoms with Gasteiger partial charge in [0.05, 0.1) is 5.69 Å². The van der Waals surface area contributed by atoms with Crippen molar-refractivity contribution < 1.29 is 8.42 Å². The summed E-state index contributed by atoms with van der Waals surface area (Å²) in [6, 6.07) is 1.48. The van der Waals surface area contributed by atoms with Gasteiger partial charge in [-0.05, 0) is 45.0 Å². The van der Waals surface area contributed by atoms with E-state index in [0.29, 0.717) is 0 Å². The molecule has 6 nitrogen and oxygen atoms in total. The second-order valence-corrected chi connectivity index (χ2v) is 6.83. The third-order valence-corrected chi connectivity index (χ3v) is 5.12. The molecule has 0 bridgehead atoms. The van der Waals surface area contributed by atoms with Crippen LogP contribution in [0, 0.1) is 0 Å². The minimum atomic E-state index is -3.58. The second-order valence-electron chi connectivity index (χ2n) is 5.15. The van der Waals surface area contributed by atoms with Gasteiger partial charge in [-0.3, -0.25) is 4.98 Å². The van der Waals surface area contributed by atoms with Gasteiger partial charge in [0.2, 0.25) is 10.0 Å². The van der Waals surface area contributed by atoms with Crippen molar-refractivity contribution in [2.45, 2.75) is 37.1 Å². The van der Waals surface area contributed by atoms with Crippen molar-refractivity contribution in [1.29, 1.82) is 0 Å². The Hall–Kier alpha value is -1.18. The summed E-state index contributed by atoms with van der Waals surface area (Å²) in [5.74, 6) is 0. The number of sulfonamides is 1. The summed E-state index contributed by atoms with van der Waals surface area (Å²) in [6.45, 7) is 5.10. The van der Waals surface area contributed by atoms with Crippen molar-refractivity contribution in [3.05, 3.63) is 18.5 Å². The number of anilines is 1. The van der Waals surface area contributed by atoms with E-state index in [1.807, 2.05) is 0 Å². The van der Waals surface area contributed by atoms with Gasteiger partial charge in [0, 0.05) is 18.4 Å². The average molecular weight is 298 g/mol. The molecule has 7 heteroatoms. The van der Waals surface area contributed by atoms with Crippen LogP contribution in [-0.4, -0.2) is 44.0 Å². The highest BCUT2D eigenvalue weighted by molar-refractivity contribution is 7.89. The number of nitrogens with one attached hydrogen (secondary N) is 1. The van der Waals surface area contributed by atoms with Crippen molar-refractivity contribution in [2.24, 2.45) is 0 Å². The first kappa shape index (κ1) is 15.2. The van der Waals surface area contributed by atoms with Crippen LogP contribution in [0.4, 0.5) is 5.69 Å². The molecular formula is C13H22N4O2S. The standard InChI is InChI=1S/C13H22N4O2S/c1-2-7-17-8-4-11(5-9-17)16-20(18,19)13-10-15-6-3-12(13)14/h3,6,10-11,16H,2,4-5,7-9H2,1H3,(H2,14,15). The fraction of sp³-hybridized carbons (Fsp3) is 0.615. The molecule has 2 rings (SSSR count). The molecule has 0 radical (unpaired) electrons. The Morgan fingerprint density at radius 1 is 1.45 bits per heavy atom. The molecule has 2 heterocycles. The molecule has 0 atom stereocenters. The van der Waals surface area contributed by atoms with Gasteiger partial charge in [-0.2, -0.15) is 0 Å². The Labute approximate surface area is 120 Å². The lowest BCUT2D eigenvalue weighted by Crippen LogP contribution is -2.44. The third kappa shape index (κ3) is 3.68. The maximum Gasteiger partial charge on any atom is 0.244 e. The Kier molecular flexibility index (Phi) is 4.95. The smallest absolute Gasteiger partial charge is 0.244 e. The highest BCUT2D eigenvalue weighted by Crippen LogP contribution is 2.18. The number of hydrogen-bond donors (Lipinski definition) is 2. The lowest BCUT2D eigenvalue weighted by Gasteiger charge is -2.31. The molecule has 0 amide bonds. The van der Waals surface area contributed by atoms with Crippen LogP contribution >= 0.6 is 0 Å². The lowest BCUT2D eigenvalue weighted by molar-refractivity contribution is 0.208. The van der Waals surface area contributed by atoms with Crippen LogP contribution < -0.4 is 10.5 Å². The second kappa shape index (κ2) is 6.51. The van der Waals surface area contributed by atoms with E-state index in [-0.39, 0.29) is 16.6 Å². The molecule has 0 unspecified atom stereocenters. The van der Waals surface area contributed by atoms with Crippen LogP contribution in [0.2, 0.25) is 0 Å². The fourth-order valence-corrected chi connectivity index (χ4v) is 3.87. The van der Waals surface area contributed by atoms with Gasteiger partial charge in [0.15, 0.2) is 0 Å². The van der Waals surface area contributed by atoms with E-state index in [1.54, 1.807) is 0 Å². The first-order valence-corrected chi connectivity index (χ1v) is 8.45. The van der Waals surface area contributed by atoms with Gasteiger partial charge in [-0.1, -0.05) is 6.92 Å². The van der Waals surface area contributed by atoms with E-state index in [4.69, 9.17) is 5.73 Å². The zero-order chi connectivity index (χ0) is 14.6. The lowest BCUT2D eigenvalue weighted by atomic mass is 10.1. The molecule has 0 saturated carbocycles. The normalized spacial score (nSPS) is 18.2. The summed E-state index contributed by atoms with van der Waals surface area (Å²) < 4.78 is 27.3. The molecule has 3 N–H and O–H groups in total. The maximum absolute atomic E-state index is 12.3. The Bertz CT molecular complexity index is 539. The minimum absolute atomic E-state index is 0.0206. The van der Waals surface area contributed by atoms with E-state index in [9.17, 15) is 8.42 Å². The Balaban J connectivity index is 1.99. The quantitative estimate of drug-likeness (QED) is 0.840. The molecule has 1 aliphatic rings. The molecule has 1 aromatic heterocycles. The molecule has 112 valence electrons. The number of aromatic nitrogens is 1. The molecule has 0 spiro atoms. The topological polar surface area (TPSA) is 88.3 Å². The van der Waals surface area contributed by atoms with Gasteiger partial charge < -0.3 is 10.6 Å². The first-order valence-electron chi connectivity index (χ1n) is 6.97. The van der Waals surface area contributed by atoms with Crippen molar-refractivity contribution in [3.8, 4) is 0 Å². The number of hydrogen-bond acceptors (Lipinski definition) is 5. The largest absolute Gasteiger partial charge is 0.398 e. The number of pyridine rings is 1. The van der Waals surface area contributed by atoms with Crippen LogP contribution in [0.5, 0.6) is 0 Å². The molecule has 20 heavy (non-hydrogen) atoms. The number of nitrogens with zero attached hydrogens (tertiary/aromatic N) is 2. The molecule has 0 aliphatic carbocycles. The van der Waals surface area contributed by atoms with Crippen molar-refractivity contribution >= 4 is 15.7 Å². The monoisotopic (exact) mass is 298 g/mol.